The molecule has 1 saturated heterocycles. The second-order valence-electron chi connectivity index (χ2n) is 6.41. The third-order valence-corrected chi connectivity index (χ3v) is 5.93. The topological polar surface area (TPSA) is 33.2 Å². The van der Waals surface area contributed by atoms with Crippen LogP contribution in [0.3, 0.4) is 0 Å². The summed E-state index contributed by atoms with van der Waals surface area (Å²) in [5, 5.41) is 3.21. The van der Waals surface area contributed by atoms with E-state index >= 15 is 0 Å². The maximum atomic E-state index is 13.1. The molecule has 1 saturated carbocycles. The van der Waals surface area contributed by atoms with Gasteiger partial charge in [-0.05, 0) is 31.2 Å². The molecule has 22 heavy (non-hydrogen) atoms. The number of rotatable bonds is 3. The van der Waals surface area contributed by atoms with E-state index in [0.717, 1.165) is 38.8 Å². The Morgan fingerprint density at radius 2 is 2.09 bits per heavy atom. The van der Waals surface area contributed by atoms with Gasteiger partial charge >= 0.3 is 0 Å². The summed E-state index contributed by atoms with van der Waals surface area (Å²) in [5.41, 5.74) is 0.961. The normalized spacial score (nSPS) is 23.3. The number of likely N-dealkylation sites (tertiary alicyclic amines) is 1. The highest BCUT2D eigenvalue weighted by molar-refractivity contribution is 7.09. The van der Waals surface area contributed by atoms with Gasteiger partial charge in [-0.15, -0.1) is 11.3 Å². The molecule has 1 aliphatic carbocycles. The second kappa shape index (κ2) is 5.51. The number of amides is 1. The maximum absolute atomic E-state index is 13.1. The van der Waals surface area contributed by atoms with E-state index in [1.165, 1.54) is 10.6 Å². The predicted octanol–water partition coefficient (Wildman–Crippen LogP) is 3.58. The molecule has 1 aliphatic heterocycles. The number of thiazole rings is 1. The molecule has 2 aromatic rings. The van der Waals surface area contributed by atoms with Crippen LogP contribution in [0.1, 0.15) is 42.2 Å². The Morgan fingerprint density at radius 3 is 2.77 bits per heavy atom. The molecular weight excluding hydrogens is 292 g/mol. The third kappa shape index (κ3) is 2.35. The van der Waals surface area contributed by atoms with Crippen molar-refractivity contribution in [3.05, 3.63) is 52.5 Å². The van der Waals surface area contributed by atoms with E-state index in [1.54, 1.807) is 11.3 Å². The molecule has 1 atom stereocenters. The van der Waals surface area contributed by atoms with Crippen molar-refractivity contribution in [1.82, 2.24) is 9.88 Å². The van der Waals surface area contributed by atoms with Crippen LogP contribution in [0.4, 0.5) is 0 Å². The van der Waals surface area contributed by atoms with Gasteiger partial charge < -0.3 is 4.90 Å². The highest BCUT2D eigenvalue weighted by Gasteiger charge is 2.53. The fourth-order valence-corrected chi connectivity index (χ4v) is 4.38. The molecule has 0 bridgehead atoms. The molecular formula is C18H20N2OS. The number of hydrogen-bond donors (Lipinski definition) is 0. The minimum absolute atomic E-state index is 0.230. The summed E-state index contributed by atoms with van der Waals surface area (Å²) in [4.78, 5) is 19.6. The SMILES string of the molecule is O=C(N1CCCC(c2nccs2)C1)C1(c2ccccc2)CC1. The van der Waals surface area contributed by atoms with Gasteiger partial charge in [0.25, 0.3) is 0 Å². The van der Waals surface area contributed by atoms with Crippen LogP contribution in [-0.2, 0) is 10.2 Å². The average Bonchev–Trinajstić information content (AvgIpc) is 3.21. The molecule has 1 aromatic heterocycles. The smallest absolute Gasteiger partial charge is 0.233 e. The number of carbonyl (C=O) groups excluding carboxylic acids is 1. The van der Waals surface area contributed by atoms with Gasteiger partial charge in [-0.25, -0.2) is 4.98 Å². The Hall–Kier alpha value is -1.68. The second-order valence-corrected chi connectivity index (χ2v) is 7.33. The van der Waals surface area contributed by atoms with E-state index in [0.29, 0.717) is 11.8 Å². The van der Waals surface area contributed by atoms with Crippen molar-refractivity contribution in [3.8, 4) is 0 Å². The lowest BCUT2D eigenvalue weighted by Crippen LogP contribution is -2.44. The van der Waals surface area contributed by atoms with Gasteiger partial charge in [0, 0.05) is 30.6 Å². The highest BCUT2D eigenvalue weighted by atomic mass is 32.1. The van der Waals surface area contributed by atoms with Crippen molar-refractivity contribution < 1.29 is 4.79 Å². The van der Waals surface area contributed by atoms with Gasteiger partial charge in [0.05, 0.1) is 10.4 Å². The zero-order valence-electron chi connectivity index (χ0n) is 12.6. The molecule has 4 rings (SSSR count). The molecule has 2 heterocycles. The van der Waals surface area contributed by atoms with Crippen LogP contribution in [0, 0.1) is 0 Å². The molecule has 114 valence electrons. The van der Waals surface area contributed by atoms with Crippen LogP contribution in [0.2, 0.25) is 0 Å². The predicted molar refractivity (Wildman–Crippen MR) is 88.0 cm³/mol. The number of hydrogen-bond acceptors (Lipinski definition) is 3. The Kier molecular flexibility index (Phi) is 3.49. The average molecular weight is 312 g/mol. The van der Waals surface area contributed by atoms with Crippen molar-refractivity contribution >= 4 is 17.2 Å². The first-order valence-corrected chi connectivity index (χ1v) is 8.92. The summed E-state index contributed by atoms with van der Waals surface area (Å²) in [6.07, 6.45) is 6.09. The fourth-order valence-electron chi connectivity index (χ4n) is 3.61. The van der Waals surface area contributed by atoms with Gasteiger partial charge in [0.1, 0.15) is 0 Å². The summed E-state index contributed by atoms with van der Waals surface area (Å²) in [6, 6.07) is 10.3. The fraction of sp³-hybridized carbons (Fsp3) is 0.444. The molecule has 0 N–H and O–H groups in total. The van der Waals surface area contributed by atoms with Crippen LogP contribution >= 0.6 is 11.3 Å². The zero-order chi connectivity index (χ0) is 15.0. The number of carbonyl (C=O) groups is 1. The van der Waals surface area contributed by atoms with Gasteiger partial charge in [0.15, 0.2) is 0 Å². The number of nitrogens with zero attached hydrogens (tertiary/aromatic N) is 2. The summed E-state index contributed by atoms with van der Waals surface area (Å²) < 4.78 is 0. The largest absolute Gasteiger partial charge is 0.341 e. The first kappa shape index (κ1) is 13.9. The standard InChI is InChI=1S/C18H20N2OS/c21-17(18(8-9-18)15-6-2-1-3-7-15)20-11-4-5-14(13-20)16-19-10-12-22-16/h1-3,6-7,10,12,14H,4-5,8-9,11,13H2. The zero-order valence-corrected chi connectivity index (χ0v) is 13.4. The van der Waals surface area contributed by atoms with E-state index in [9.17, 15) is 4.79 Å². The van der Waals surface area contributed by atoms with Crippen molar-refractivity contribution in [2.75, 3.05) is 13.1 Å². The molecule has 4 heteroatoms. The molecule has 0 radical (unpaired) electrons. The Labute approximate surface area is 135 Å². The minimum Gasteiger partial charge on any atom is -0.341 e. The number of piperidine rings is 1. The monoisotopic (exact) mass is 312 g/mol. The number of aromatic nitrogens is 1. The molecule has 2 fully saturated rings. The van der Waals surface area contributed by atoms with E-state index in [-0.39, 0.29) is 5.41 Å². The van der Waals surface area contributed by atoms with Gasteiger partial charge in [-0.3, -0.25) is 4.79 Å². The number of benzene rings is 1. The van der Waals surface area contributed by atoms with Crippen LogP contribution in [0.5, 0.6) is 0 Å². The molecule has 3 nitrogen and oxygen atoms in total. The van der Waals surface area contributed by atoms with E-state index in [1.807, 2.05) is 29.8 Å². The lowest BCUT2D eigenvalue weighted by atomic mass is 9.91. The lowest BCUT2D eigenvalue weighted by molar-refractivity contribution is -0.135. The van der Waals surface area contributed by atoms with E-state index in [4.69, 9.17) is 0 Å². The van der Waals surface area contributed by atoms with Crippen LogP contribution in [0.25, 0.3) is 0 Å². The van der Waals surface area contributed by atoms with Crippen molar-refractivity contribution in [3.63, 3.8) is 0 Å². The molecule has 0 spiro atoms. The summed E-state index contributed by atoms with van der Waals surface area (Å²) >= 11 is 1.71. The highest BCUT2D eigenvalue weighted by Crippen LogP contribution is 2.50. The molecule has 1 amide bonds. The maximum Gasteiger partial charge on any atom is 0.233 e. The van der Waals surface area contributed by atoms with E-state index < -0.39 is 0 Å². The molecule has 2 aliphatic rings. The summed E-state index contributed by atoms with van der Waals surface area (Å²) in [7, 11) is 0. The first-order chi connectivity index (χ1) is 10.8. The first-order valence-electron chi connectivity index (χ1n) is 8.04. The minimum atomic E-state index is -0.230. The van der Waals surface area contributed by atoms with Crippen molar-refractivity contribution in [2.45, 2.75) is 37.0 Å². The Morgan fingerprint density at radius 1 is 1.27 bits per heavy atom. The lowest BCUT2D eigenvalue weighted by Gasteiger charge is -2.34. The quantitative estimate of drug-likeness (QED) is 0.868. The van der Waals surface area contributed by atoms with Gasteiger partial charge in [-0.2, -0.15) is 0 Å². The van der Waals surface area contributed by atoms with Gasteiger partial charge in [0.2, 0.25) is 5.91 Å². The molecule has 1 unspecified atom stereocenters. The summed E-state index contributed by atoms with van der Waals surface area (Å²) in [6.45, 7) is 1.73. The van der Waals surface area contributed by atoms with Crippen molar-refractivity contribution in [2.24, 2.45) is 0 Å². The van der Waals surface area contributed by atoms with Gasteiger partial charge in [-0.1, -0.05) is 30.3 Å². The summed E-state index contributed by atoms with van der Waals surface area (Å²) in [5.74, 6) is 0.754. The molecule has 1 aromatic carbocycles. The van der Waals surface area contributed by atoms with Crippen LogP contribution in [-0.4, -0.2) is 28.9 Å². The van der Waals surface area contributed by atoms with E-state index in [2.05, 4.69) is 22.0 Å². The van der Waals surface area contributed by atoms with Crippen LogP contribution < -0.4 is 0 Å². The Bertz CT molecular complexity index is 649. The Balaban J connectivity index is 1.53. The van der Waals surface area contributed by atoms with Crippen molar-refractivity contribution in [1.29, 1.82) is 0 Å². The van der Waals surface area contributed by atoms with Crippen LogP contribution in [0.15, 0.2) is 41.9 Å². The third-order valence-electron chi connectivity index (χ3n) is 5.00.